The number of hydrogen-bond acceptors (Lipinski definition) is 5. The fourth-order valence-electron chi connectivity index (χ4n) is 2.79. The Kier molecular flexibility index (Phi) is 6.16. The summed E-state index contributed by atoms with van der Waals surface area (Å²) in [7, 11) is -2.88. The van der Waals surface area contributed by atoms with Gasteiger partial charge in [-0.1, -0.05) is 6.07 Å². The molecule has 0 aliphatic carbocycles. The monoisotopic (exact) mass is 444 g/mol. The van der Waals surface area contributed by atoms with Gasteiger partial charge in [0.2, 0.25) is 10.0 Å². The first-order valence-corrected chi connectivity index (χ1v) is 10.4. The lowest BCUT2D eigenvalue weighted by molar-refractivity contribution is -0.138. The van der Waals surface area contributed by atoms with Gasteiger partial charge in [0.05, 0.1) is 29.6 Å². The average molecular weight is 444 g/mol. The highest BCUT2D eigenvalue weighted by Gasteiger charge is 2.35. The molecule has 1 aliphatic heterocycles. The van der Waals surface area contributed by atoms with Crippen LogP contribution < -0.4 is 0 Å². The predicted molar refractivity (Wildman–Crippen MR) is 100 cm³/mol. The summed E-state index contributed by atoms with van der Waals surface area (Å²) in [6.45, 7) is 0.460. The van der Waals surface area contributed by atoms with E-state index in [9.17, 15) is 26.4 Å². The van der Waals surface area contributed by atoms with Gasteiger partial charge >= 0.3 is 12.1 Å². The third-order valence-electron chi connectivity index (χ3n) is 4.56. The highest BCUT2D eigenvalue weighted by molar-refractivity contribution is 7.89. The highest BCUT2D eigenvalue weighted by Crippen LogP contribution is 2.35. The minimum Gasteiger partial charge on any atom is -0.481 e. The molecule has 1 aromatic carbocycles. The van der Waals surface area contributed by atoms with Crippen molar-refractivity contribution in [3.05, 3.63) is 47.8 Å². The standard InChI is InChI=1S/C19H19F3N2O5S/c1-24(10-16-11-29-16)30(27,28)17-7-13(6-14(8-17)19(20,21)22)12-2-3-15(23-9-12)4-5-18(25)26/h2-3,6-9,16H,4-5,10-11H2,1H3,(H,25,26)/t16-/m0/s1. The van der Waals surface area contributed by atoms with Gasteiger partial charge in [0.25, 0.3) is 0 Å². The zero-order chi connectivity index (χ0) is 22.1. The van der Waals surface area contributed by atoms with Crippen molar-refractivity contribution in [2.75, 3.05) is 20.2 Å². The molecule has 0 bridgehead atoms. The molecule has 162 valence electrons. The number of aromatic nitrogens is 1. The predicted octanol–water partition coefficient (Wildman–Crippen LogP) is 2.80. The van der Waals surface area contributed by atoms with Crippen LogP contribution in [-0.4, -0.2) is 55.1 Å². The molecule has 0 spiro atoms. The lowest BCUT2D eigenvalue weighted by atomic mass is 10.0. The van der Waals surface area contributed by atoms with Gasteiger partial charge in [0, 0.05) is 37.5 Å². The first kappa shape index (κ1) is 22.2. The molecule has 1 atom stereocenters. The second-order valence-corrected chi connectivity index (χ2v) is 8.96. The summed E-state index contributed by atoms with van der Waals surface area (Å²) in [5.41, 5.74) is -0.309. The number of alkyl halides is 3. The van der Waals surface area contributed by atoms with E-state index >= 15 is 0 Å². The van der Waals surface area contributed by atoms with E-state index in [-0.39, 0.29) is 36.6 Å². The summed E-state index contributed by atoms with van der Waals surface area (Å²) < 4.78 is 71.8. The Labute approximate surface area is 171 Å². The van der Waals surface area contributed by atoms with Crippen molar-refractivity contribution < 1.29 is 36.2 Å². The number of carboxylic acids is 1. The van der Waals surface area contributed by atoms with Crippen LogP contribution in [0.4, 0.5) is 13.2 Å². The molecule has 0 amide bonds. The maximum Gasteiger partial charge on any atom is 0.416 e. The van der Waals surface area contributed by atoms with Gasteiger partial charge in [-0.3, -0.25) is 9.78 Å². The number of carbonyl (C=O) groups is 1. The maximum absolute atomic E-state index is 13.4. The van der Waals surface area contributed by atoms with Gasteiger partial charge in [-0.25, -0.2) is 8.42 Å². The smallest absolute Gasteiger partial charge is 0.416 e. The van der Waals surface area contributed by atoms with Crippen LogP contribution >= 0.6 is 0 Å². The first-order chi connectivity index (χ1) is 14.0. The minimum absolute atomic E-state index is 0.0387. The quantitative estimate of drug-likeness (QED) is 0.629. The summed E-state index contributed by atoms with van der Waals surface area (Å²) >= 11 is 0. The molecule has 1 fully saturated rings. The molecule has 0 saturated carbocycles. The highest BCUT2D eigenvalue weighted by atomic mass is 32.2. The maximum atomic E-state index is 13.4. The van der Waals surface area contributed by atoms with Crippen molar-refractivity contribution in [1.29, 1.82) is 0 Å². The first-order valence-electron chi connectivity index (χ1n) is 8.94. The molecule has 0 unspecified atom stereocenters. The van der Waals surface area contributed by atoms with Gasteiger partial charge in [0.1, 0.15) is 0 Å². The second kappa shape index (κ2) is 8.32. The van der Waals surface area contributed by atoms with E-state index in [1.54, 1.807) is 0 Å². The third-order valence-corrected chi connectivity index (χ3v) is 6.36. The summed E-state index contributed by atoms with van der Waals surface area (Å²) in [5.74, 6) is -0.991. The largest absolute Gasteiger partial charge is 0.481 e. The number of pyridine rings is 1. The Bertz CT molecular complexity index is 1040. The van der Waals surface area contributed by atoms with Crippen LogP contribution in [-0.2, 0) is 32.2 Å². The second-order valence-electron chi connectivity index (χ2n) is 6.92. The van der Waals surface area contributed by atoms with Crippen LogP contribution in [0.25, 0.3) is 11.1 Å². The van der Waals surface area contributed by atoms with Crippen LogP contribution in [0.1, 0.15) is 17.7 Å². The minimum atomic E-state index is -4.74. The normalized spacial score (nSPS) is 16.6. The van der Waals surface area contributed by atoms with Gasteiger partial charge < -0.3 is 9.84 Å². The molecule has 1 N–H and O–H groups in total. The Morgan fingerprint density at radius 2 is 1.97 bits per heavy atom. The summed E-state index contributed by atoms with van der Waals surface area (Å²) in [5, 5.41) is 8.72. The number of nitrogens with zero attached hydrogens (tertiary/aromatic N) is 2. The molecular formula is C19H19F3N2O5S. The third kappa shape index (κ3) is 5.35. The molecule has 0 radical (unpaired) electrons. The molecule has 30 heavy (non-hydrogen) atoms. The molecule has 7 nitrogen and oxygen atoms in total. The van der Waals surface area contributed by atoms with Crippen LogP contribution in [0.3, 0.4) is 0 Å². The molecule has 2 aromatic rings. The van der Waals surface area contributed by atoms with Crippen LogP contribution in [0.15, 0.2) is 41.4 Å². The van der Waals surface area contributed by atoms with Crippen molar-refractivity contribution in [2.24, 2.45) is 0 Å². The average Bonchev–Trinajstić information content (AvgIpc) is 3.49. The van der Waals surface area contributed by atoms with Crippen LogP contribution in [0.5, 0.6) is 0 Å². The zero-order valence-electron chi connectivity index (χ0n) is 15.9. The number of epoxide rings is 1. The molecule has 1 aromatic heterocycles. The molecular weight excluding hydrogens is 425 g/mol. The Morgan fingerprint density at radius 3 is 2.50 bits per heavy atom. The SMILES string of the molecule is CN(C[C@H]1CO1)S(=O)(=O)c1cc(-c2ccc(CCC(=O)O)nc2)cc(C(F)(F)F)c1. The Balaban J connectivity index is 1.98. The van der Waals surface area contributed by atoms with E-state index in [0.29, 0.717) is 18.4 Å². The summed E-state index contributed by atoms with van der Waals surface area (Å²) in [4.78, 5) is 14.2. The topological polar surface area (TPSA) is 100 Å². The lowest BCUT2D eigenvalue weighted by Gasteiger charge is -2.18. The van der Waals surface area contributed by atoms with Gasteiger partial charge in [0.15, 0.2) is 0 Å². The number of sulfonamides is 1. The van der Waals surface area contributed by atoms with Crippen molar-refractivity contribution in [3.63, 3.8) is 0 Å². The Morgan fingerprint density at radius 1 is 1.27 bits per heavy atom. The summed E-state index contributed by atoms with van der Waals surface area (Å²) in [6, 6.07) is 5.62. The van der Waals surface area contributed by atoms with E-state index < -0.39 is 32.6 Å². The number of likely N-dealkylation sites (N-methyl/N-ethyl adjacent to an activating group) is 1. The number of rotatable bonds is 8. The van der Waals surface area contributed by atoms with E-state index in [4.69, 9.17) is 9.84 Å². The van der Waals surface area contributed by atoms with Crippen LogP contribution in [0, 0.1) is 0 Å². The summed E-state index contributed by atoms with van der Waals surface area (Å²) in [6.07, 6.45) is -3.66. The van der Waals surface area contributed by atoms with E-state index in [1.807, 2.05) is 0 Å². The molecule has 1 saturated heterocycles. The number of halogens is 3. The van der Waals surface area contributed by atoms with E-state index in [1.165, 1.54) is 31.4 Å². The van der Waals surface area contributed by atoms with E-state index in [0.717, 1.165) is 10.4 Å². The number of aliphatic carboxylic acids is 1. The fraction of sp³-hybridized carbons (Fsp3) is 0.368. The lowest BCUT2D eigenvalue weighted by Crippen LogP contribution is -2.30. The molecule has 1 aliphatic rings. The van der Waals surface area contributed by atoms with Gasteiger partial charge in [-0.2, -0.15) is 17.5 Å². The zero-order valence-corrected chi connectivity index (χ0v) is 16.7. The number of ether oxygens (including phenoxy) is 1. The number of aryl methyl sites for hydroxylation is 1. The number of carboxylic acid groups (broad SMARTS) is 1. The van der Waals surface area contributed by atoms with Crippen molar-refractivity contribution in [1.82, 2.24) is 9.29 Å². The molecule has 3 rings (SSSR count). The number of benzene rings is 1. The van der Waals surface area contributed by atoms with E-state index in [2.05, 4.69) is 4.98 Å². The van der Waals surface area contributed by atoms with Crippen molar-refractivity contribution in [2.45, 2.75) is 30.0 Å². The van der Waals surface area contributed by atoms with Crippen molar-refractivity contribution in [3.8, 4) is 11.1 Å². The van der Waals surface area contributed by atoms with Gasteiger partial charge in [-0.15, -0.1) is 0 Å². The van der Waals surface area contributed by atoms with Gasteiger partial charge in [-0.05, 0) is 29.8 Å². The fourth-order valence-corrected chi connectivity index (χ4v) is 4.07. The Hall–Kier alpha value is -2.50. The number of hydrogen-bond donors (Lipinski definition) is 1. The van der Waals surface area contributed by atoms with Crippen molar-refractivity contribution >= 4 is 16.0 Å². The molecule has 11 heteroatoms. The van der Waals surface area contributed by atoms with Crippen LogP contribution in [0.2, 0.25) is 0 Å². The molecule has 2 heterocycles.